The molecule has 0 bridgehead atoms. The van der Waals surface area contributed by atoms with Gasteiger partial charge in [0.2, 0.25) is 11.8 Å². The molecule has 19 heavy (non-hydrogen) atoms. The fraction of sp³-hybridized carbons (Fsp3) is 0.429. The van der Waals surface area contributed by atoms with E-state index in [-0.39, 0.29) is 24.1 Å². The maximum Gasteiger partial charge on any atom is 0.249 e. The minimum absolute atomic E-state index is 0.249. The van der Waals surface area contributed by atoms with Crippen molar-refractivity contribution < 1.29 is 14.0 Å². The number of hydrogen-bond donors (Lipinski definition) is 2. The van der Waals surface area contributed by atoms with Crippen molar-refractivity contribution in [3.63, 3.8) is 0 Å². The average molecular weight is 264 g/mol. The van der Waals surface area contributed by atoms with Gasteiger partial charge in [0, 0.05) is 6.42 Å². The molecule has 2 rings (SSSR count). The molecule has 0 aliphatic carbocycles. The van der Waals surface area contributed by atoms with Crippen LogP contribution in [0.3, 0.4) is 0 Å². The van der Waals surface area contributed by atoms with Gasteiger partial charge < -0.3 is 5.32 Å². The lowest BCUT2D eigenvalue weighted by atomic mass is 10.0. The lowest BCUT2D eigenvalue weighted by Crippen LogP contribution is -2.47. The molecule has 1 aromatic carbocycles. The molecule has 1 aliphatic heterocycles. The summed E-state index contributed by atoms with van der Waals surface area (Å²) in [6, 6.07) is 4.38. The standard InChI is InChI=1S/C14H17FN2O2/c1-8(2)9-3-4-11(10(15)7-9)16-12-5-6-13(18)17-14(12)19/h3-4,7-8,12,16H,5-6H2,1-2H3,(H,17,18,19)/t12-/m0/s1. The number of halogens is 1. The molecular formula is C14H17FN2O2. The molecule has 1 fully saturated rings. The van der Waals surface area contributed by atoms with Crippen molar-refractivity contribution in [2.45, 2.75) is 38.6 Å². The van der Waals surface area contributed by atoms with Crippen molar-refractivity contribution in [1.82, 2.24) is 5.32 Å². The van der Waals surface area contributed by atoms with Crippen molar-refractivity contribution in [3.8, 4) is 0 Å². The molecule has 1 saturated heterocycles. The normalized spacial score (nSPS) is 19.5. The molecule has 0 spiro atoms. The molecule has 4 nitrogen and oxygen atoms in total. The van der Waals surface area contributed by atoms with Gasteiger partial charge in [0.05, 0.1) is 5.69 Å². The molecule has 0 aromatic heterocycles. The smallest absolute Gasteiger partial charge is 0.249 e. The molecule has 102 valence electrons. The Morgan fingerprint density at radius 1 is 1.37 bits per heavy atom. The van der Waals surface area contributed by atoms with E-state index in [0.29, 0.717) is 12.1 Å². The predicted molar refractivity (Wildman–Crippen MR) is 70.3 cm³/mol. The quantitative estimate of drug-likeness (QED) is 0.823. The highest BCUT2D eigenvalue weighted by atomic mass is 19.1. The number of anilines is 1. The van der Waals surface area contributed by atoms with Crippen LogP contribution in [-0.4, -0.2) is 17.9 Å². The van der Waals surface area contributed by atoms with E-state index in [1.165, 1.54) is 6.07 Å². The van der Waals surface area contributed by atoms with Crippen LogP contribution in [0.25, 0.3) is 0 Å². The van der Waals surface area contributed by atoms with Crippen molar-refractivity contribution in [2.24, 2.45) is 0 Å². The maximum absolute atomic E-state index is 13.9. The second-order valence-electron chi connectivity index (χ2n) is 5.04. The molecule has 1 aliphatic rings. The molecule has 2 amide bonds. The minimum atomic E-state index is -0.558. The zero-order valence-corrected chi connectivity index (χ0v) is 11.0. The van der Waals surface area contributed by atoms with Crippen LogP contribution < -0.4 is 10.6 Å². The van der Waals surface area contributed by atoms with Crippen molar-refractivity contribution in [3.05, 3.63) is 29.6 Å². The Hall–Kier alpha value is -1.91. The number of hydrogen-bond acceptors (Lipinski definition) is 3. The first kappa shape index (κ1) is 13.5. The van der Waals surface area contributed by atoms with E-state index >= 15 is 0 Å². The number of imide groups is 1. The molecule has 1 aromatic rings. The number of carbonyl (C=O) groups is 2. The summed E-state index contributed by atoms with van der Waals surface area (Å²) in [5.41, 5.74) is 1.20. The summed E-state index contributed by atoms with van der Waals surface area (Å²) in [4.78, 5) is 22.6. The second kappa shape index (κ2) is 5.38. The van der Waals surface area contributed by atoms with E-state index in [4.69, 9.17) is 0 Å². The van der Waals surface area contributed by atoms with Gasteiger partial charge >= 0.3 is 0 Å². The first-order valence-electron chi connectivity index (χ1n) is 6.37. The Morgan fingerprint density at radius 3 is 2.68 bits per heavy atom. The van der Waals surface area contributed by atoms with Gasteiger partial charge in [-0.05, 0) is 30.0 Å². The minimum Gasteiger partial charge on any atom is -0.371 e. The largest absolute Gasteiger partial charge is 0.371 e. The van der Waals surface area contributed by atoms with Gasteiger partial charge in [-0.25, -0.2) is 4.39 Å². The van der Waals surface area contributed by atoms with E-state index in [2.05, 4.69) is 10.6 Å². The number of carbonyl (C=O) groups excluding carboxylic acids is 2. The topological polar surface area (TPSA) is 58.2 Å². The molecule has 2 N–H and O–H groups in total. The number of amides is 2. The van der Waals surface area contributed by atoms with Gasteiger partial charge in [-0.15, -0.1) is 0 Å². The Bertz CT molecular complexity index is 514. The highest BCUT2D eigenvalue weighted by molar-refractivity contribution is 6.01. The molecular weight excluding hydrogens is 247 g/mol. The number of benzene rings is 1. The zero-order chi connectivity index (χ0) is 14.0. The van der Waals surface area contributed by atoms with Crippen LogP contribution in [0.5, 0.6) is 0 Å². The summed E-state index contributed by atoms with van der Waals surface area (Å²) in [5.74, 6) is -0.808. The monoisotopic (exact) mass is 264 g/mol. The van der Waals surface area contributed by atoms with Crippen molar-refractivity contribution in [2.75, 3.05) is 5.32 Å². The Morgan fingerprint density at radius 2 is 2.11 bits per heavy atom. The molecule has 1 heterocycles. The Balaban J connectivity index is 2.11. The molecule has 0 saturated carbocycles. The fourth-order valence-corrected chi connectivity index (χ4v) is 2.03. The van der Waals surface area contributed by atoms with Crippen molar-refractivity contribution in [1.29, 1.82) is 0 Å². The number of piperidine rings is 1. The Labute approximate surface area is 111 Å². The van der Waals surface area contributed by atoms with Crippen molar-refractivity contribution >= 4 is 17.5 Å². The summed E-state index contributed by atoms with van der Waals surface area (Å²) in [6.07, 6.45) is 0.658. The fourth-order valence-electron chi connectivity index (χ4n) is 2.03. The average Bonchev–Trinajstić information content (AvgIpc) is 2.34. The third-order valence-corrected chi connectivity index (χ3v) is 3.23. The van der Waals surface area contributed by atoms with Crippen LogP contribution in [0.2, 0.25) is 0 Å². The van der Waals surface area contributed by atoms with E-state index < -0.39 is 11.9 Å². The number of rotatable bonds is 3. The van der Waals surface area contributed by atoms with Gasteiger partial charge in [-0.3, -0.25) is 14.9 Å². The highest BCUT2D eigenvalue weighted by Crippen LogP contribution is 2.22. The van der Waals surface area contributed by atoms with E-state index in [9.17, 15) is 14.0 Å². The first-order valence-corrected chi connectivity index (χ1v) is 6.37. The Kier molecular flexibility index (Phi) is 3.83. The molecule has 5 heteroatoms. The van der Waals surface area contributed by atoms with Crippen LogP contribution in [0.1, 0.15) is 38.2 Å². The lowest BCUT2D eigenvalue weighted by Gasteiger charge is -2.23. The third kappa shape index (κ3) is 3.10. The lowest BCUT2D eigenvalue weighted by molar-refractivity contribution is -0.133. The molecule has 0 unspecified atom stereocenters. The summed E-state index contributed by atoms with van der Waals surface area (Å²) in [7, 11) is 0. The maximum atomic E-state index is 13.9. The van der Waals surface area contributed by atoms with Crippen LogP contribution in [0.4, 0.5) is 10.1 Å². The first-order chi connectivity index (χ1) is 8.97. The van der Waals surface area contributed by atoms with E-state index in [0.717, 1.165) is 5.56 Å². The van der Waals surface area contributed by atoms with E-state index in [1.54, 1.807) is 6.07 Å². The summed E-state index contributed by atoms with van der Waals surface area (Å²) in [6.45, 7) is 3.98. The molecule has 1 atom stereocenters. The third-order valence-electron chi connectivity index (χ3n) is 3.23. The number of nitrogens with one attached hydrogen (secondary N) is 2. The summed E-state index contributed by atoms with van der Waals surface area (Å²) < 4.78 is 13.9. The van der Waals surface area contributed by atoms with Gasteiger partial charge in [-0.1, -0.05) is 19.9 Å². The van der Waals surface area contributed by atoms with E-state index in [1.807, 2.05) is 19.9 Å². The predicted octanol–water partition coefficient (Wildman–Crippen LogP) is 2.17. The van der Waals surface area contributed by atoms with Crippen LogP contribution in [0.15, 0.2) is 18.2 Å². The van der Waals surface area contributed by atoms with Gasteiger partial charge in [0.1, 0.15) is 11.9 Å². The molecule has 0 radical (unpaired) electrons. The van der Waals surface area contributed by atoms with Crippen LogP contribution >= 0.6 is 0 Å². The summed E-state index contributed by atoms with van der Waals surface area (Å²) in [5, 5.41) is 5.08. The van der Waals surface area contributed by atoms with Gasteiger partial charge in [-0.2, -0.15) is 0 Å². The van der Waals surface area contributed by atoms with Crippen LogP contribution in [-0.2, 0) is 9.59 Å². The summed E-state index contributed by atoms with van der Waals surface area (Å²) >= 11 is 0. The van der Waals surface area contributed by atoms with Crippen LogP contribution in [0, 0.1) is 5.82 Å². The highest BCUT2D eigenvalue weighted by Gasteiger charge is 2.26. The SMILES string of the molecule is CC(C)c1ccc(N[C@H]2CCC(=O)NC2=O)c(F)c1. The van der Waals surface area contributed by atoms with Gasteiger partial charge in [0.15, 0.2) is 0 Å². The van der Waals surface area contributed by atoms with Gasteiger partial charge in [0.25, 0.3) is 0 Å². The zero-order valence-electron chi connectivity index (χ0n) is 11.0. The second-order valence-corrected chi connectivity index (χ2v) is 5.04.